The molecule has 0 rings (SSSR count). The van der Waals surface area contributed by atoms with Crippen LogP contribution in [0.25, 0.3) is 0 Å². The molecule has 0 amide bonds. The van der Waals surface area contributed by atoms with E-state index in [1.54, 1.807) is 0 Å². The van der Waals surface area contributed by atoms with Gasteiger partial charge in [0.1, 0.15) is 6.04 Å². The third-order valence-electron chi connectivity index (χ3n) is 2.89. The predicted octanol–water partition coefficient (Wildman–Crippen LogP) is 2.78. The van der Waals surface area contributed by atoms with Crippen LogP contribution >= 0.6 is 0 Å². The van der Waals surface area contributed by atoms with Crippen LogP contribution in [0.3, 0.4) is 0 Å². The van der Waals surface area contributed by atoms with Gasteiger partial charge < -0.3 is 0 Å². The van der Waals surface area contributed by atoms with E-state index in [9.17, 15) is 0 Å². The Morgan fingerprint density at radius 1 is 1.18 bits per heavy atom. The molecule has 1 atom stereocenters. The Kier molecular flexibility index (Phi) is 9.11. The highest BCUT2D eigenvalue weighted by Crippen LogP contribution is 2.05. The lowest BCUT2D eigenvalue weighted by Crippen LogP contribution is -2.45. The number of hydrogen-bond donors (Lipinski definition) is 1. The molecule has 0 aliphatic rings. The Bertz CT molecular complexity index is 218. The summed E-state index contributed by atoms with van der Waals surface area (Å²) in [6, 6.07) is 3.18. The van der Waals surface area contributed by atoms with E-state index < -0.39 is 0 Å². The smallest absolute Gasteiger partial charge is 0.108 e. The minimum atomic E-state index is -0.0565. The topological polar surface area (TPSA) is 39.1 Å². The van der Waals surface area contributed by atoms with Gasteiger partial charge in [0.25, 0.3) is 0 Å². The molecule has 0 aromatic carbocycles. The summed E-state index contributed by atoms with van der Waals surface area (Å²) in [4.78, 5) is 2.40. The molecule has 1 unspecified atom stereocenters. The summed E-state index contributed by atoms with van der Waals surface area (Å²) in [5.74, 6) is 0. The van der Waals surface area contributed by atoms with Crippen LogP contribution in [0.1, 0.15) is 53.9 Å². The average molecular weight is 239 g/mol. The average Bonchev–Trinajstić information content (AvgIpc) is 2.25. The molecule has 1 N–H and O–H groups in total. The number of rotatable bonds is 9. The van der Waals surface area contributed by atoms with Crippen LogP contribution < -0.4 is 5.32 Å². The van der Waals surface area contributed by atoms with Crippen molar-refractivity contribution in [3.8, 4) is 6.07 Å². The lowest BCUT2D eigenvalue weighted by Gasteiger charge is -2.29. The fourth-order valence-corrected chi connectivity index (χ4v) is 1.89. The first-order valence-corrected chi connectivity index (χ1v) is 6.91. The van der Waals surface area contributed by atoms with E-state index in [2.05, 4.69) is 50.9 Å². The summed E-state index contributed by atoms with van der Waals surface area (Å²) < 4.78 is 0. The SMILES string of the molecule is CCCCCN(CC(C#N)NC(C)C)C(C)C. The van der Waals surface area contributed by atoms with E-state index >= 15 is 0 Å². The maximum atomic E-state index is 9.14. The maximum Gasteiger partial charge on any atom is 0.108 e. The van der Waals surface area contributed by atoms with Crippen molar-refractivity contribution in [3.05, 3.63) is 0 Å². The van der Waals surface area contributed by atoms with Gasteiger partial charge in [0, 0.05) is 18.6 Å². The zero-order valence-corrected chi connectivity index (χ0v) is 12.2. The molecule has 0 heterocycles. The van der Waals surface area contributed by atoms with Gasteiger partial charge >= 0.3 is 0 Å². The van der Waals surface area contributed by atoms with E-state index in [1.165, 1.54) is 19.3 Å². The van der Waals surface area contributed by atoms with E-state index in [0.29, 0.717) is 12.1 Å². The van der Waals surface area contributed by atoms with Crippen LogP contribution in [0.5, 0.6) is 0 Å². The highest BCUT2D eigenvalue weighted by atomic mass is 15.2. The first-order valence-electron chi connectivity index (χ1n) is 6.91. The van der Waals surface area contributed by atoms with Gasteiger partial charge in [0.2, 0.25) is 0 Å². The van der Waals surface area contributed by atoms with Gasteiger partial charge in [-0.15, -0.1) is 0 Å². The molecule has 100 valence electrons. The molecule has 17 heavy (non-hydrogen) atoms. The van der Waals surface area contributed by atoms with Crippen molar-refractivity contribution in [1.29, 1.82) is 5.26 Å². The van der Waals surface area contributed by atoms with Gasteiger partial charge in [-0.1, -0.05) is 19.8 Å². The third-order valence-corrected chi connectivity index (χ3v) is 2.89. The number of hydrogen-bond acceptors (Lipinski definition) is 3. The van der Waals surface area contributed by atoms with Crippen LogP contribution in [-0.2, 0) is 0 Å². The second-order valence-electron chi connectivity index (χ2n) is 5.30. The van der Waals surface area contributed by atoms with Crippen molar-refractivity contribution in [2.75, 3.05) is 13.1 Å². The van der Waals surface area contributed by atoms with E-state index in [4.69, 9.17) is 5.26 Å². The largest absolute Gasteiger partial charge is 0.299 e. The van der Waals surface area contributed by atoms with Crippen molar-refractivity contribution >= 4 is 0 Å². The van der Waals surface area contributed by atoms with Gasteiger partial charge in [0.05, 0.1) is 6.07 Å². The summed E-state index contributed by atoms with van der Waals surface area (Å²) in [5.41, 5.74) is 0. The Morgan fingerprint density at radius 3 is 2.24 bits per heavy atom. The molecule has 0 fully saturated rings. The van der Waals surface area contributed by atoms with Gasteiger partial charge in [-0.25, -0.2) is 0 Å². The Morgan fingerprint density at radius 2 is 1.82 bits per heavy atom. The van der Waals surface area contributed by atoms with Crippen molar-refractivity contribution in [2.45, 2.75) is 72.0 Å². The molecule has 0 aliphatic carbocycles. The van der Waals surface area contributed by atoms with Crippen molar-refractivity contribution < 1.29 is 0 Å². The molecule has 3 heteroatoms. The summed E-state index contributed by atoms with van der Waals surface area (Å²) in [6.07, 6.45) is 3.75. The Balaban J connectivity index is 4.17. The Hall–Kier alpha value is -0.590. The number of unbranched alkanes of at least 4 members (excludes halogenated alkanes) is 2. The molecule has 0 spiro atoms. The molecule has 0 radical (unpaired) electrons. The first-order chi connectivity index (χ1) is 8.01. The zero-order chi connectivity index (χ0) is 13.3. The first kappa shape index (κ1) is 16.4. The molecule has 0 aromatic rings. The predicted molar refractivity (Wildman–Crippen MR) is 73.9 cm³/mol. The molecular formula is C14H29N3. The highest BCUT2D eigenvalue weighted by Gasteiger charge is 2.16. The van der Waals surface area contributed by atoms with E-state index in [-0.39, 0.29) is 6.04 Å². The van der Waals surface area contributed by atoms with E-state index in [0.717, 1.165) is 13.1 Å². The van der Waals surface area contributed by atoms with Crippen LogP contribution in [0, 0.1) is 11.3 Å². The second-order valence-corrected chi connectivity index (χ2v) is 5.30. The summed E-state index contributed by atoms with van der Waals surface area (Å²) in [5, 5.41) is 12.4. The van der Waals surface area contributed by atoms with Crippen LogP contribution in [-0.4, -0.2) is 36.1 Å². The second kappa shape index (κ2) is 9.44. The van der Waals surface area contributed by atoms with Gasteiger partial charge in [-0.2, -0.15) is 5.26 Å². The molecule has 0 saturated heterocycles. The van der Waals surface area contributed by atoms with Crippen molar-refractivity contribution in [2.24, 2.45) is 0 Å². The lowest BCUT2D eigenvalue weighted by molar-refractivity contribution is 0.203. The molecule has 0 aliphatic heterocycles. The summed E-state index contributed by atoms with van der Waals surface area (Å²) in [7, 11) is 0. The third kappa shape index (κ3) is 8.18. The minimum absolute atomic E-state index is 0.0565. The number of nitrogens with zero attached hydrogens (tertiary/aromatic N) is 2. The summed E-state index contributed by atoms with van der Waals surface area (Å²) >= 11 is 0. The van der Waals surface area contributed by atoms with Gasteiger partial charge in [-0.3, -0.25) is 10.2 Å². The van der Waals surface area contributed by atoms with Gasteiger partial charge in [-0.05, 0) is 40.7 Å². The van der Waals surface area contributed by atoms with Crippen molar-refractivity contribution in [3.63, 3.8) is 0 Å². The van der Waals surface area contributed by atoms with Crippen molar-refractivity contribution in [1.82, 2.24) is 10.2 Å². The quantitative estimate of drug-likeness (QED) is 0.629. The molecule has 0 aromatic heterocycles. The Labute approximate surface area is 107 Å². The molecule has 0 saturated carbocycles. The lowest BCUT2D eigenvalue weighted by atomic mass is 10.2. The van der Waals surface area contributed by atoms with Crippen LogP contribution in [0.2, 0.25) is 0 Å². The normalized spacial score (nSPS) is 13.4. The highest BCUT2D eigenvalue weighted by molar-refractivity contribution is 4.93. The monoisotopic (exact) mass is 239 g/mol. The fraction of sp³-hybridized carbons (Fsp3) is 0.929. The van der Waals surface area contributed by atoms with Crippen LogP contribution in [0.15, 0.2) is 0 Å². The summed E-state index contributed by atoms with van der Waals surface area (Å²) in [6.45, 7) is 12.7. The minimum Gasteiger partial charge on any atom is -0.299 e. The molecular weight excluding hydrogens is 210 g/mol. The standard InChI is InChI=1S/C14H29N3/c1-6-7-8-9-17(13(4)5)11-14(10-15)16-12(2)3/h12-14,16H,6-9,11H2,1-5H3. The van der Waals surface area contributed by atoms with Crippen LogP contribution in [0.4, 0.5) is 0 Å². The number of nitrogens with one attached hydrogen (secondary N) is 1. The molecule has 3 nitrogen and oxygen atoms in total. The fourth-order valence-electron chi connectivity index (χ4n) is 1.89. The maximum absolute atomic E-state index is 9.14. The number of nitriles is 1. The van der Waals surface area contributed by atoms with Gasteiger partial charge in [0.15, 0.2) is 0 Å². The zero-order valence-electron chi connectivity index (χ0n) is 12.2. The van der Waals surface area contributed by atoms with E-state index in [1.807, 2.05) is 0 Å². The molecule has 0 bridgehead atoms.